The second-order valence-electron chi connectivity index (χ2n) is 6.53. The van der Waals surface area contributed by atoms with E-state index < -0.39 is 0 Å². The fraction of sp³-hybridized carbons (Fsp3) is 0.250. The molecule has 0 saturated carbocycles. The number of hydrogen-bond donors (Lipinski definition) is 0. The van der Waals surface area contributed by atoms with Crippen LogP contribution in [0.25, 0.3) is 22.1 Å². The summed E-state index contributed by atoms with van der Waals surface area (Å²) in [4.78, 5) is 4.83. The average Bonchev–Trinajstić information content (AvgIpc) is 2.88. The lowest BCUT2D eigenvalue weighted by atomic mass is 10.1. The largest absolute Gasteiger partial charge is 0.319 e. The van der Waals surface area contributed by atoms with Crippen molar-refractivity contribution in [1.82, 2.24) is 19.7 Å². The molecular formula is C20H20N4S. The fourth-order valence-electron chi connectivity index (χ4n) is 3.04. The molecule has 0 saturated heterocycles. The molecule has 0 fully saturated rings. The van der Waals surface area contributed by atoms with Gasteiger partial charge in [0.15, 0.2) is 5.65 Å². The summed E-state index contributed by atoms with van der Waals surface area (Å²) >= 11 is 1.64. The molecule has 25 heavy (non-hydrogen) atoms. The second kappa shape index (κ2) is 6.48. The molecule has 0 aliphatic rings. The maximum absolute atomic E-state index is 4.83. The summed E-state index contributed by atoms with van der Waals surface area (Å²) in [5, 5.41) is 11.1. The van der Waals surface area contributed by atoms with E-state index >= 15 is 0 Å². The Bertz CT molecular complexity index is 1040. The highest BCUT2D eigenvalue weighted by Gasteiger charge is 2.16. The SMILES string of the molecule is Cc1ccc2c(c1)c1nnc(SC(C)C)nc1n2Cc1ccccc1. The lowest BCUT2D eigenvalue weighted by Crippen LogP contribution is -2.03. The number of rotatable bonds is 4. The zero-order chi connectivity index (χ0) is 17.4. The Morgan fingerprint density at radius 1 is 1.04 bits per heavy atom. The van der Waals surface area contributed by atoms with Gasteiger partial charge in [-0.1, -0.05) is 67.6 Å². The van der Waals surface area contributed by atoms with Crippen molar-refractivity contribution < 1.29 is 0 Å². The van der Waals surface area contributed by atoms with Crippen LogP contribution in [0.4, 0.5) is 0 Å². The minimum absolute atomic E-state index is 0.424. The predicted molar refractivity (Wildman–Crippen MR) is 104 cm³/mol. The maximum atomic E-state index is 4.83. The molecular weight excluding hydrogens is 328 g/mol. The first-order valence-electron chi connectivity index (χ1n) is 8.45. The molecule has 2 heterocycles. The van der Waals surface area contributed by atoms with Crippen molar-refractivity contribution in [1.29, 1.82) is 0 Å². The molecule has 0 unspecified atom stereocenters. The van der Waals surface area contributed by atoms with Crippen LogP contribution in [0.3, 0.4) is 0 Å². The van der Waals surface area contributed by atoms with Crippen LogP contribution in [0.1, 0.15) is 25.0 Å². The Morgan fingerprint density at radius 2 is 1.84 bits per heavy atom. The Labute approximate surface area is 151 Å². The lowest BCUT2D eigenvalue weighted by Gasteiger charge is -2.08. The van der Waals surface area contributed by atoms with Gasteiger partial charge in [-0.15, -0.1) is 10.2 Å². The van der Waals surface area contributed by atoms with Crippen LogP contribution in [0.2, 0.25) is 0 Å². The van der Waals surface area contributed by atoms with Crippen molar-refractivity contribution in [3.63, 3.8) is 0 Å². The van der Waals surface area contributed by atoms with E-state index in [1.54, 1.807) is 11.8 Å². The third kappa shape index (κ3) is 3.12. The maximum Gasteiger partial charge on any atom is 0.211 e. The number of thioether (sulfide) groups is 1. The van der Waals surface area contributed by atoms with Crippen molar-refractivity contribution in [3.05, 3.63) is 59.7 Å². The minimum Gasteiger partial charge on any atom is -0.319 e. The van der Waals surface area contributed by atoms with Crippen molar-refractivity contribution in [2.45, 2.75) is 37.7 Å². The highest BCUT2D eigenvalue weighted by Crippen LogP contribution is 2.29. The van der Waals surface area contributed by atoms with E-state index in [2.05, 4.69) is 78.0 Å². The summed E-state index contributed by atoms with van der Waals surface area (Å²) in [5.41, 5.74) is 5.40. The first-order chi connectivity index (χ1) is 12.1. The molecule has 0 amide bonds. The van der Waals surface area contributed by atoms with Gasteiger partial charge in [0.1, 0.15) is 5.52 Å². The van der Waals surface area contributed by atoms with E-state index in [9.17, 15) is 0 Å². The zero-order valence-electron chi connectivity index (χ0n) is 14.6. The molecule has 4 nitrogen and oxygen atoms in total. The van der Waals surface area contributed by atoms with E-state index in [1.165, 1.54) is 11.1 Å². The molecule has 0 radical (unpaired) electrons. The highest BCUT2D eigenvalue weighted by molar-refractivity contribution is 7.99. The first-order valence-corrected chi connectivity index (χ1v) is 9.33. The molecule has 2 aromatic carbocycles. The third-order valence-corrected chi connectivity index (χ3v) is 4.98. The van der Waals surface area contributed by atoms with E-state index in [-0.39, 0.29) is 0 Å². The standard InChI is InChI=1S/C20H20N4S/c1-13(2)25-20-21-19-18(22-23-20)16-11-14(3)9-10-17(16)24(19)12-15-7-5-4-6-8-15/h4-11,13H,12H2,1-3H3. The van der Waals surface area contributed by atoms with Gasteiger partial charge in [-0.3, -0.25) is 0 Å². The van der Waals surface area contributed by atoms with Crippen LogP contribution in [-0.2, 0) is 6.54 Å². The van der Waals surface area contributed by atoms with Gasteiger partial charge in [-0.05, 0) is 24.6 Å². The fourth-order valence-corrected chi connectivity index (χ4v) is 3.69. The average molecular weight is 348 g/mol. The topological polar surface area (TPSA) is 43.6 Å². The van der Waals surface area contributed by atoms with Crippen LogP contribution >= 0.6 is 11.8 Å². The lowest BCUT2D eigenvalue weighted by molar-refractivity contribution is 0.812. The van der Waals surface area contributed by atoms with Gasteiger partial charge >= 0.3 is 0 Å². The summed E-state index contributed by atoms with van der Waals surface area (Å²) in [5.74, 6) is 0. The normalized spacial score (nSPS) is 11.7. The Hall–Kier alpha value is -2.40. The van der Waals surface area contributed by atoms with Crippen LogP contribution in [0.15, 0.2) is 53.7 Å². The molecule has 4 rings (SSSR count). The highest BCUT2D eigenvalue weighted by atomic mass is 32.2. The van der Waals surface area contributed by atoms with Gasteiger partial charge in [0.05, 0.1) is 5.52 Å². The summed E-state index contributed by atoms with van der Waals surface area (Å²) in [6.07, 6.45) is 0. The molecule has 0 N–H and O–H groups in total. The number of benzene rings is 2. The summed E-state index contributed by atoms with van der Waals surface area (Å²) < 4.78 is 2.25. The third-order valence-electron chi connectivity index (χ3n) is 4.13. The molecule has 0 aliphatic carbocycles. The summed E-state index contributed by atoms with van der Waals surface area (Å²) in [6, 6.07) is 16.9. The number of fused-ring (bicyclic) bond motifs is 3. The number of aromatic nitrogens is 4. The van der Waals surface area contributed by atoms with Crippen LogP contribution < -0.4 is 0 Å². The number of hydrogen-bond acceptors (Lipinski definition) is 4. The van der Waals surface area contributed by atoms with Gasteiger partial charge in [0.25, 0.3) is 0 Å². The molecule has 0 atom stereocenters. The van der Waals surface area contributed by atoms with Gasteiger partial charge in [0.2, 0.25) is 5.16 Å². The van der Waals surface area contributed by atoms with Gasteiger partial charge < -0.3 is 4.57 Å². The van der Waals surface area contributed by atoms with Gasteiger partial charge in [0, 0.05) is 17.2 Å². The molecule has 0 bridgehead atoms. The first kappa shape index (κ1) is 16.1. The van der Waals surface area contributed by atoms with Crippen molar-refractivity contribution in [2.24, 2.45) is 0 Å². The van der Waals surface area contributed by atoms with Crippen LogP contribution in [0.5, 0.6) is 0 Å². The molecule has 0 aliphatic heterocycles. The Kier molecular flexibility index (Phi) is 4.17. The minimum atomic E-state index is 0.424. The molecule has 126 valence electrons. The van der Waals surface area contributed by atoms with Gasteiger partial charge in [-0.25, -0.2) is 4.98 Å². The zero-order valence-corrected chi connectivity index (χ0v) is 15.4. The molecule has 0 spiro atoms. The van der Waals surface area contributed by atoms with E-state index in [1.807, 2.05) is 6.07 Å². The van der Waals surface area contributed by atoms with E-state index in [0.717, 1.165) is 33.8 Å². The van der Waals surface area contributed by atoms with Crippen molar-refractivity contribution in [2.75, 3.05) is 0 Å². The predicted octanol–water partition coefficient (Wildman–Crippen LogP) is 4.84. The molecule has 4 aromatic rings. The number of nitrogens with zero attached hydrogens (tertiary/aromatic N) is 4. The monoisotopic (exact) mass is 348 g/mol. The second-order valence-corrected chi connectivity index (χ2v) is 8.07. The Morgan fingerprint density at radius 3 is 2.60 bits per heavy atom. The van der Waals surface area contributed by atoms with E-state index in [4.69, 9.17) is 4.98 Å². The molecule has 5 heteroatoms. The van der Waals surface area contributed by atoms with Crippen LogP contribution in [-0.4, -0.2) is 25.0 Å². The summed E-state index contributed by atoms with van der Waals surface area (Å²) in [6.45, 7) is 7.15. The smallest absolute Gasteiger partial charge is 0.211 e. The van der Waals surface area contributed by atoms with Crippen molar-refractivity contribution in [3.8, 4) is 0 Å². The van der Waals surface area contributed by atoms with Crippen molar-refractivity contribution >= 4 is 33.8 Å². The molecule has 2 aromatic heterocycles. The Balaban J connectivity index is 1.95. The summed E-state index contributed by atoms with van der Waals surface area (Å²) in [7, 11) is 0. The number of aryl methyl sites for hydroxylation is 1. The quantitative estimate of drug-likeness (QED) is 0.495. The van der Waals surface area contributed by atoms with E-state index in [0.29, 0.717) is 5.25 Å². The van der Waals surface area contributed by atoms with Crippen LogP contribution in [0, 0.1) is 6.92 Å². The van der Waals surface area contributed by atoms with Gasteiger partial charge in [-0.2, -0.15) is 0 Å².